The zero-order chi connectivity index (χ0) is 26.5. The SMILES string of the molecule is CC1(CNC(=O)c2cccc(-n3ncc4c(=O)n(CC5(O)CCN(C(=O)C6CC6)CC5)cnc43)c2)COC1. The Morgan fingerprint density at radius 3 is 2.66 bits per heavy atom. The highest BCUT2D eigenvalue weighted by Gasteiger charge is 2.39. The van der Waals surface area contributed by atoms with Gasteiger partial charge in [0.25, 0.3) is 11.5 Å². The largest absolute Gasteiger partial charge is 0.388 e. The van der Waals surface area contributed by atoms with Gasteiger partial charge in [0, 0.05) is 36.5 Å². The molecule has 0 atom stereocenters. The normalized spacial score (nSPS) is 20.2. The second kappa shape index (κ2) is 9.32. The molecular weight excluding hydrogens is 488 g/mol. The van der Waals surface area contributed by atoms with Gasteiger partial charge in [0.2, 0.25) is 5.91 Å². The minimum Gasteiger partial charge on any atom is -0.388 e. The van der Waals surface area contributed by atoms with Crippen molar-refractivity contribution in [2.75, 3.05) is 32.8 Å². The molecule has 1 aromatic carbocycles. The van der Waals surface area contributed by atoms with E-state index in [9.17, 15) is 19.5 Å². The van der Waals surface area contributed by atoms with Gasteiger partial charge in [-0.15, -0.1) is 0 Å². The van der Waals surface area contributed by atoms with Crippen LogP contribution in [0.25, 0.3) is 16.7 Å². The Labute approximate surface area is 219 Å². The maximum atomic E-state index is 13.3. The maximum Gasteiger partial charge on any atom is 0.264 e. The Bertz CT molecular complexity index is 1450. The summed E-state index contributed by atoms with van der Waals surface area (Å²) in [6.07, 6.45) is 5.64. The Balaban J connectivity index is 1.17. The summed E-state index contributed by atoms with van der Waals surface area (Å²) in [5, 5.41) is 18.8. The van der Waals surface area contributed by atoms with Crippen molar-refractivity contribution in [1.82, 2.24) is 29.5 Å². The third-order valence-corrected chi connectivity index (χ3v) is 7.88. The molecule has 0 radical (unpaired) electrons. The lowest BCUT2D eigenvalue weighted by Gasteiger charge is -2.38. The van der Waals surface area contributed by atoms with Crippen LogP contribution in [0, 0.1) is 11.3 Å². The fourth-order valence-corrected chi connectivity index (χ4v) is 5.18. The molecule has 3 aromatic rings. The van der Waals surface area contributed by atoms with Gasteiger partial charge in [-0.05, 0) is 43.9 Å². The van der Waals surface area contributed by atoms with E-state index >= 15 is 0 Å². The number of fused-ring (bicyclic) bond motifs is 1. The topological polar surface area (TPSA) is 132 Å². The van der Waals surface area contributed by atoms with Crippen LogP contribution in [0.4, 0.5) is 0 Å². The van der Waals surface area contributed by atoms with Gasteiger partial charge in [-0.25, -0.2) is 9.67 Å². The predicted octanol–water partition coefficient (Wildman–Crippen LogP) is 1.11. The van der Waals surface area contributed by atoms with Crippen molar-refractivity contribution in [3.05, 3.63) is 52.7 Å². The van der Waals surface area contributed by atoms with Crippen molar-refractivity contribution in [1.29, 1.82) is 0 Å². The number of hydrogen-bond donors (Lipinski definition) is 2. The molecule has 0 spiro atoms. The summed E-state index contributed by atoms with van der Waals surface area (Å²) in [5.74, 6) is 0.154. The minimum absolute atomic E-state index is 0.0343. The Morgan fingerprint density at radius 2 is 1.97 bits per heavy atom. The van der Waals surface area contributed by atoms with E-state index in [1.165, 1.54) is 21.8 Å². The summed E-state index contributed by atoms with van der Waals surface area (Å²) in [6, 6.07) is 7.02. The number of nitrogens with zero attached hydrogens (tertiary/aromatic N) is 5. The number of nitrogens with one attached hydrogen (secondary N) is 1. The lowest BCUT2D eigenvalue weighted by atomic mass is 9.88. The Morgan fingerprint density at radius 1 is 1.21 bits per heavy atom. The molecule has 6 rings (SSSR count). The third kappa shape index (κ3) is 4.71. The summed E-state index contributed by atoms with van der Waals surface area (Å²) in [4.78, 5) is 44.7. The van der Waals surface area contributed by atoms with Crippen LogP contribution >= 0.6 is 0 Å². The molecule has 11 heteroatoms. The Kier molecular flexibility index (Phi) is 6.07. The zero-order valence-electron chi connectivity index (χ0n) is 21.4. The highest BCUT2D eigenvalue weighted by molar-refractivity contribution is 5.94. The van der Waals surface area contributed by atoms with Gasteiger partial charge in [-0.2, -0.15) is 5.10 Å². The van der Waals surface area contributed by atoms with E-state index in [1.54, 1.807) is 24.3 Å². The molecule has 2 aliphatic heterocycles. The first-order valence-corrected chi connectivity index (χ1v) is 13.1. The second-order valence-electron chi connectivity index (χ2n) is 11.3. The molecule has 200 valence electrons. The minimum atomic E-state index is -1.08. The molecule has 1 saturated carbocycles. The number of likely N-dealkylation sites (tertiary alicyclic amines) is 1. The molecule has 2 amide bonds. The van der Waals surface area contributed by atoms with Crippen molar-refractivity contribution < 1.29 is 19.4 Å². The third-order valence-electron chi connectivity index (χ3n) is 7.88. The van der Waals surface area contributed by atoms with Crippen LogP contribution in [0.3, 0.4) is 0 Å². The zero-order valence-corrected chi connectivity index (χ0v) is 21.4. The van der Waals surface area contributed by atoms with Crippen molar-refractivity contribution in [2.45, 2.75) is 44.8 Å². The van der Waals surface area contributed by atoms with Crippen molar-refractivity contribution in [3.63, 3.8) is 0 Å². The number of carbonyl (C=O) groups is 2. The lowest BCUT2D eigenvalue weighted by molar-refractivity contribution is -0.137. The van der Waals surface area contributed by atoms with Gasteiger partial charge in [0.05, 0.1) is 37.2 Å². The quantitative estimate of drug-likeness (QED) is 0.477. The van der Waals surface area contributed by atoms with E-state index in [-0.39, 0.29) is 35.3 Å². The molecule has 11 nitrogen and oxygen atoms in total. The first-order chi connectivity index (χ1) is 18.2. The number of amides is 2. The van der Waals surface area contributed by atoms with E-state index in [4.69, 9.17) is 4.74 Å². The van der Waals surface area contributed by atoms with Crippen LogP contribution in [0.2, 0.25) is 0 Å². The summed E-state index contributed by atoms with van der Waals surface area (Å²) in [6.45, 7) is 4.95. The van der Waals surface area contributed by atoms with Gasteiger partial charge in [0.1, 0.15) is 11.7 Å². The van der Waals surface area contributed by atoms with Crippen LogP contribution < -0.4 is 10.9 Å². The van der Waals surface area contributed by atoms with Crippen LogP contribution in [0.1, 0.15) is 43.0 Å². The van der Waals surface area contributed by atoms with Crippen LogP contribution in [0.15, 0.2) is 41.6 Å². The molecule has 3 fully saturated rings. The fourth-order valence-electron chi connectivity index (χ4n) is 5.18. The highest BCUT2D eigenvalue weighted by Crippen LogP contribution is 2.33. The number of aromatic nitrogens is 4. The van der Waals surface area contributed by atoms with Gasteiger partial charge in [-0.3, -0.25) is 19.0 Å². The monoisotopic (exact) mass is 520 g/mol. The number of aliphatic hydroxyl groups is 1. The van der Waals surface area contributed by atoms with Gasteiger partial charge in [-0.1, -0.05) is 13.0 Å². The lowest BCUT2D eigenvalue weighted by Crippen LogP contribution is -2.50. The first kappa shape index (κ1) is 24.7. The first-order valence-electron chi connectivity index (χ1n) is 13.1. The molecule has 0 unspecified atom stereocenters. The number of ether oxygens (including phenoxy) is 1. The van der Waals surface area contributed by atoms with Crippen LogP contribution in [-0.2, 0) is 16.1 Å². The van der Waals surface area contributed by atoms with Gasteiger partial charge >= 0.3 is 0 Å². The molecular formula is C27H32N6O5. The standard InChI is InChI=1S/C27H32N6O5/c1-26(15-38-16-26)13-28-23(34)19-3-2-4-20(11-19)33-22-21(12-30-33)25(36)32(17-29-22)14-27(37)7-9-31(10-8-27)24(35)18-5-6-18/h2-4,11-12,17-18,37H,5-10,13-16H2,1H3,(H,28,34). The van der Waals surface area contributed by atoms with Crippen molar-refractivity contribution in [2.24, 2.45) is 11.3 Å². The molecule has 2 saturated heterocycles. The van der Waals surface area contributed by atoms with E-state index in [0.29, 0.717) is 68.0 Å². The van der Waals surface area contributed by atoms with E-state index in [1.807, 2.05) is 4.90 Å². The van der Waals surface area contributed by atoms with E-state index in [0.717, 1.165) is 12.8 Å². The summed E-state index contributed by atoms with van der Waals surface area (Å²) >= 11 is 0. The van der Waals surface area contributed by atoms with Crippen LogP contribution in [0.5, 0.6) is 0 Å². The van der Waals surface area contributed by atoms with Crippen LogP contribution in [-0.4, -0.2) is 79.6 Å². The van der Waals surface area contributed by atoms with Crippen molar-refractivity contribution >= 4 is 22.8 Å². The average molecular weight is 521 g/mol. The van der Waals surface area contributed by atoms with Gasteiger partial charge in [0.15, 0.2) is 5.65 Å². The summed E-state index contributed by atoms with van der Waals surface area (Å²) < 4.78 is 8.20. The molecule has 4 heterocycles. The summed E-state index contributed by atoms with van der Waals surface area (Å²) in [7, 11) is 0. The van der Waals surface area contributed by atoms with E-state index < -0.39 is 5.60 Å². The second-order valence-corrected chi connectivity index (χ2v) is 11.3. The molecule has 0 bridgehead atoms. The number of rotatable bonds is 7. The number of piperidine rings is 1. The maximum absolute atomic E-state index is 13.3. The van der Waals surface area contributed by atoms with Gasteiger partial charge < -0.3 is 20.1 Å². The summed E-state index contributed by atoms with van der Waals surface area (Å²) in [5.41, 5.74) is 0.0579. The van der Waals surface area contributed by atoms with E-state index in [2.05, 4.69) is 22.3 Å². The molecule has 3 aliphatic rings. The smallest absolute Gasteiger partial charge is 0.264 e. The van der Waals surface area contributed by atoms with Crippen molar-refractivity contribution in [3.8, 4) is 5.69 Å². The molecule has 1 aliphatic carbocycles. The highest BCUT2D eigenvalue weighted by atomic mass is 16.5. The average Bonchev–Trinajstić information content (AvgIpc) is 3.66. The number of carbonyl (C=O) groups excluding carboxylic acids is 2. The predicted molar refractivity (Wildman–Crippen MR) is 138 cm³/mol. The Hall–Kier alpha value is -3.57. The molecule has 2 aromatic heterocycles. The molecule has 2 N–H and O–H groups in total. The number of benzene rings is 1. The number of hydrogen-bond acceptors (Lipinski definition) is 7. The fraction of sp³-hybridized carbons (Fsp3) is 0.519. The molecule has 38 heavy (non-hydrogen) atoms.